The Hall–Kier alpha value is -1.35. The maximum Gasteiger partial charge on any atom is 0.101 e. The Morgan fingerprint density at radius 3 is 2.60 bits per heavy atom. The van der Waals surface area contributed by atoms with Crippen LogP contribution in [0.15, 0.2) is 30.3 Å². The van der Waals surface area contributed by atoms with Gasteiger partial charge in [0.2, 0.25) is 0 Å². The SMILES string of the molecule is CCc1c(CCl)nnn1-c1ccccc1. The molecule has 0 radical (unpaired) electrons. The van der Waals surface area contributed by atoms with Crippen molar-refractivity contribution in [1.82, 2.24) is 15.0 Å². The van der Waals surface area contributed by atoms with Crippen LogP contribution in [-0.2, 0) is 12.3 Å². The fourth-order valence-corrected chi connectivity index (χ4v) is 1.77. The van der Waals surface area contributed by atoms with E-state index < -0.39 is 0 Å². The first-order valence-electron chi connectivity index (χ1n) is 4.91. The lowest BCUT2D eigenvalue weighted by Crippen LogP contribution is -2.01. The molecule has 0 amide bonds. The first-order chi connectivity index (χ1) is 7.36. The van der Waals surface area contributed by atoms with Crippen LogP contribution in [0.1, 0.15) is 18.3 Å². The van der Waals surface area contributed by atoms with E-state index in [1.165, 1.54) is 0 Å². The predicted molar refractivity (Wildman–Crippen MR) is 60.3 cm³/mol. The molecule has 0 unspecified atom stereocenters. The first kappa shape index (κ1) is 10.2. The summed E-state index contributed by atoms with van der Waals surface area (Å²) in [6.45, 7) is 2.08. The van der Waals surface area contributed by atoms with Crippen molar-refractivity contribution in [3.63, 3.8) is 0 Å². The highest BCUT2D eigenvalue weighted by Crippen LogP contribution is 2.14. The minimum Gasteiger partial charge on any atom is -0.217 e. The van der Waals surface area contributed by atoms with Gasteiger partial charge < -0.3 is 0 Å². The molecule has 0 bridgehead atoms. The highest BCUT2D eigenvalue weighted by atomic mass is 35.5. The topological polar surface area (TPSA) is 30.7 Å². The van der Waals surface area contributed by atoms with Gasteiger partial charge in [-0.1, -0.05) is 30.3 Å². The molecule has 2 aromatic rings. The third kappa shape index (κ3) is 1.88. The minimum atomic E-state index is 0.413. The molecule has 2 rings (SSSR count). The number of halogens is 1. The summed E-state index contributed by atoms with van der Waals surface area (Å²) in [6, 6.07) is 9.96. The van der Waals surface area contributed by atoms with Crippen molar-refractivity contribution in [2.24, 2.45) is 0 Å². The van der Waals surface area contributed by atoms with E-state index in [4.69, 9.17) is 11.6 Å². The van der Waals surface area contributed by atoms with E-state index in [1.54, 1.807) is 0 Å². The summed E-state index contributed by atoms with van der Waals surface area (Å²) in [5.41, 5.74) is 2.97. The van der Waals surface area contributed by atoms with Crippen LogP contribution in [0.3, 0.4) is 0 Å². The summed E-state index contributed by atoms with van der Waals surface area (Å²) in [7, 11) is 0. The quantitative estimate of drug-likeness (QED) is 0.746. The molecule has 3 nitrogen and oxygen atoms in total. The molecule has 1 aromatic heterocycles. The van der Waals surface area contributed by atoms with Gasteiger partial charge in [-0.3, -0.25) is 0 Å². The number of aromatic nitrogens is 3. The fraction of sp³-hybridized carbons (Fsp3) is 0.273. The van der Waals surface area contributed by atoms with Crippen molar-refractivity contribution in [3.8, 4) is 5.69 Å². The number of rotatable bonds is 3. The van der Waals surface area contributed by atoms with Gasteiger partial charge in [-0.25, -0.2) is 4.68 Å². The third-order valence-electron chi connectivity index (χ3n) is 2.31. The van der Waals surface area contributed by atoms with Gasteiger partial charge in [0.25, 0.3) is 0 Å². The lowest BCUT2D eigenvalue weighted by Gasteiger charge is -2.04. The Kier molecular flexibility index (Phi) is 3.02. The van der Waals surface area contributed by atoms with Crippen LogP contribution in [0.5, 0.6) is 0 Å². The number of alkyl halides is 1. The summed E-state index contributed by atoms with van der Waals surface area (Å²) in [4.78, 5) is 0. The number of benzene rings is 1. The van der Waals surface area contributed by atoms with Crippen LogP contribution in [0.25, 0.3) is 5.69 Å². The molecule has 78 valence electrons. The average Bonchev–Trinajstić information content (AvgIpc) is 2.72. The molecule has 0 aliphatic heterocycles. The molecule has 4 heteroatoms. The molecule has 1 aromatic carbocycles. The number of hydrogen-bond donors (Lipinski definition) is 0. The van der Waals surface area contributed by atoms with E-state index in [9.17, 15) is 0 Å². The molecular formula is C11H12ClN3. The van der Waals surface area contributed by atoms with Gasteiger partial charge in [-0.05, 0) is 18.6 Å². The minimum absolute atomic E-state index is 0.413. The van der Waals surface area contributed by atoms with Crippen molar-refractivity contribution in [2.45, 2.75) is 19.2 Å². The summed E-state index contributed by atoms with van der Waals surface area (Å²) in [6.07, 6.45) is 0.879. The first-order valence-corrected chi connectivity index (χ1v) is 5.45. The molecule has 15 heavy (non-hydrogen) atoms. The lowest BCUT2D eigenvalue weighted by molar-refractivity contribution is 0.767. The van der Waals surface area contributed by atoms with Crippen LogP contribution in [0.4, 0.5) is 0 Å². The molecule has 0 atom stereocenters. The summed E-state index contributed by atoms with van der Waals surface area (Å²) >= 11 is 5.80. The second-order valence-electron chi connectivity index (χ2n) is 3.22. The summed E-state index contributed by atoms with van der Waals surface area (Å²) in [5.74, 6) is 0.413. The average molecular weight is 222 g/mol. The highest BCUT2D eigenvalue weighted by Gasteiger charge is 2.10. The van der Waals surface area contributed by atoms with Crippen LogP contribution in [0, 0.1) is 0 Å². The van der Waals surface area contributed by atoms with Crippen LogP contribution in [0.2, 0.25) is 0 Å². The van der Waals surface area contributed by atoms with Crippen LogP contribution >= 0.6 is 11.6 Å². The molecule has 0 aliphatic carbocycles. The van der Waals surface area contributed by atoms with E-state index in [0.29, 0.717) is 5.88 Å². The second-order valence-corrected chi connectivity index (χ2v) is 3.48. The van der Waals surface area contributed by atoms with Crippen molar-refractivity contribution in [2.75, 3.05) is 0 Å². The number of hydrogen-bond acceptors (Lipinski definition) is 2. The second kappa shape index (κ2) is 4.45. The van der Waals surface area contributed by atoms with Crippen molar-refractivity contribution < 1.29 is 0 Å². The third-order valence-corrected chi connectivity index (χ3v) is 2.56. The van der Waals surface area contributed by atoms with Crippen molar-refractivity contribution >= 4 is 11.6 Å². The Labute approximate surface area is 93.7 Å². The lowest BCUT2D eigenvalue weighted by atomic mass is 10.2. The molecule has 0 N–H and O–H groups in total. The molecule has 0 saturated carbocycles. The Bertz CT molecular complexity index is 436. The smallest absolute Gasteiger partial charge is 0.101 e. The van der Waals surface area contributed by atoms with Crippen molar-refractivity contribution in [3.05, 3.63) is 41.7 Å². The van der Waals surface area contributed by atoms with Crippen molar-refractivity contribution in [1.29, 1.82) is 0 Å². The summed E-state index contributed by atoms with van der Waals surface area (Å²) < 4.78 is 1.84. The van der Waals surface area contributed by atoms with Gasteiger partial charge >= 0.3 is 0 Å². The van der Waals surface area contributed by atoms with Crippen LogP contribution in [-0.4, -0.2) is 15.0 Å². The molecule has 0 aliphatic rings. The van der Waals surface area contributed by atoms with Gasteiger partial charge in [-0.15, -0.1) is 16.7 Å². The molecule has 0 fully saturated rings. The van der Waals surface area contributed by atoms with E-state index >= 15 is 0 Å². The van der Waals surface area contributed by atoms with Crippen LogP contribution < -0.4 is 0 Å². The largest absolute Gasteiger partial charge is 0.217 e. The van der Waals surface area contributed by atoms with E-state index in [1.807, 2.05) is 35.0 Å². The molecule has 1 heterocycles. The maximum absolute atomic E-state index is 5.80. The summed E-state index contributed by atoms with van der Waals surface area (Å²) in [5, 5.41) is 8.17. The highest BCUT2D eigenvalue weighted by molar-refractivity contribution is 6.16. The maximum atomic E-state index is 5.80. The van der Waals surface area contributed by atoms with Gasteiger partial charge in [-0.2, -0.15) is 0 Å². The van der Waals surface area contributed by atoms with Gasteiger partial charge in [0.15, 0.2) is 0 Å². The van der Waals surface area contributed by atoms with Gasteiger partial charge in [0.1, 0.15) is 5.69 Å². The Morgan fingerprint density at radius 2 is 2.00 bits per heavy atom. The number of para-hydroxylation sites is 1. The zero-order valence-corrected chi connectivity index (χ0v) is 9.28. The van der Waals surface area contributed by atoms with Gasteiger partial charge in [0.05, 0.1) is 17.3 Å². The molecule has 0 spiro atoms. The van der Waals surface area contributed by atoms with Gasteiger partial charge in [0, 0.05) is 0 Å². The zero-order chi connectivity index (χ0) is 10.7. The van der Waals surface area contributed by atoms with E-state index in [2.05, 4.69) is 17.2 Å². The normalized spacial score (nSPS) is 10.5. The monoisotopic (exact) mass is 221 g/mol. The predicted octanol–water partition coefficient (Wildman–Crippen LogP) is 2.57. The molecular weight excluding hydrogens is 210 g/mol. The fourth-order valence-electron chi connectivity index (χ4n) is 1.57. The zero-order valence-electron chi connectivity index (χ0n) is 8.52. The Balaban J connectivity index is 2.49. The standard InChI is InChI=1S/C11H12ClN3/c1-2-11-10(8-12)13-14-15(11)9-6-4-3-5-7-9/h3-7H,2,8H2,1H3. The Morgan fingerprint density at radius 1 is 1.27 bits per heavy atom. The van der Waals surface area contributed by atoms with E-state index in [0.717, 1.165) is 23.5 Å². The molecule has 0 saturated heterocycles. The number of nitrogens with zero attached hydrogens (tertiary/aromatic N) is 3. The van der Waals surface area contributed by atoms with E-state index in [-0.39, 0.29) is 0 Å².